The van der Waals surface area contributed by atoms with E-state index in [1.54, 1.807) is 12.1 Å². The van der Waals surface area contributed by atoms with Crippen LogP contribution in [0.5, 0.6) is 0 Å². The third kappa shape index (κ3) is 1.56. The monoisotopic (exact) mass is 228 g/mol. The maximum Gasteiger partial charge on any atom is 0.261 e. The van der Waals surface area contributed by atoms with Crippen molar-refractivity contribution in [3.63, 3.8) is 0 Å². The zero-order chi connectivity index (χ0) is 11.8. The van der Waals surface area contributed by atoms with Crippen LogP contribution in [0.4, 0.5) is 0 Å². The summed E-state index contributed by atoms with van der Waals surface area (Å²) in [4.78, 5) is 28.5. The predicted molar refractivity (Wildman–Crippen MR) is 64.2 cm³/mol. The minimum absolute atomic E-state index is 0.0228. The molecule has 0 atom stereocenters. The van der Waals surface area contributed by atoms with Crippen LogP contribution in [-0.2, 0) is 6.54 Å². The lowest BCUT2D eigenvalue weighted by Gasteiger charge is -2.08. The molecule has 4 nitrogen and oxygen atoms in total. The average Bonchev–Trinajstić information content (AvgIpc) is 2.53. The van der Waals surface area contributed by atoms with Crippen LogP contribution in [0.3, 0.4) is 0 Å². The van der Waals surface area contributed by atoms with E-state index < -0.39 is 0 Å². The van der Waals surface area contributed by atoms with Gasteiger partial charge >= 0.3 is 0 Å². The van der Waals surface area contributed by atoms with Crippen LogP contribution in [0, 0.1) is 0 Å². The molecular weight excluding hydrogens is 216 g/mol. The Morgan fingerprint density at radius 1 is 1.12 bits per heavy atom. The second-order valence-corrected chi connectivity index (χ2v) is 4.29. The van der Waals surface area contributed by atoms with E-state index in [2.05, 4.69) is 4.98 Å². The SMILES string of the molecule is O=C1CCCCn2c1nc1ccccc1c2=O. The molecule has 86 valence electrons. The lowest BCUT2D eigenvalue weighted by molar-refractivity contribution is 0.0971. The molecule has 0 unspecified atom stereocenters. The molecular formula is C13H12N2O2. The molecule has 0 N–H and O–H groups in total. The molecule has 0 fully saturated rings. The molecule has 2 heterocycles. The molecule has 0 saturated carbocycles. The summed E-state index contributed by atoms with van der Waals surface area (Å²) >= 11 is 0. The van der Waals surface area contributed by atoms with Crippen molar-refractivity contribution in [2.45, 2.75) is 25.8 Å². The van der Waals surface area contributed by atoms with Crippen LogP contribution in [0.1, 0.15) is 29.9 Å². The van der Waals surface area contributed by atoms with Crippen molar-refractivity contribution in [1.82, 2.24) is 9.55 Å². The first-order valence-electron chi connectivity index (χ1n) is 5.80. The van der Waals surface area contributed by atoms with Gasteiger partial charge < -0.3 is 0 Å². The van der Waals surface area contributed by atoms with Crippen LogP contribution in [-0.4, -0.2) is 15.3 Å². The molecule has 0 bridgehead atoms. The maximum atomic E-state index is 12.2. The molecule has 0 saturated heterocycles. The second-order valence-electron chi connectivity index (χ2n) is 4.29. The van der Waals surface area contributed by atoms with Gasteiger partial charge in [-0.1, -0.05) is 12.1 Å². The number of hydrogen-bond donors (Lipinski definition) is 0. The molecule has 0 aliphatic carbocycles. The summed E-state index contributed by atoms with van der Waals surface area (Å²) in [6.07, 6.45) is 2.18. The summed E-state index contributed by atoms with van der Waals surface area (Å²) in [5.74, 6) is 0.302. The Balaban J connectivity index is 2.40. The molecule has 17 heavy (non-hydrogen) atoms. The highest BCUT2D eigenvalue weighted by Crippen LogP contribution is 2.14. The number of carbonyl (C=O) groups excluding carboxylic acids is 1. The molecule has 1 aliphatic rings. The highest BCUT2D eigenvalue weighted by atomic mass is 16.1. The van der Waals surface area contributed by atoms with Gasteiger partial charge in [-0.2, -0.15) is 0 Å². The highest BCUT2D eigenvalue weighted by molar-refractivity contribution is 5.94. The van der Waals surface area contributed by atoms with E-state index >= 15 is 0 Å². The number of benzene rings is 1. The van der Waals surface area contributed by atoms with Crippen LogP contribution >= 0.6 is 0 Å². The van der Waals surface area contributed by atoms with Gasteiger partial charge in [0.25, 0.3) is 5.56 Å². The molecule has 3 rings (SSSR count). The van der Waals surface area contributed by atoms with E-state index in [0.29, 0.717) is 29.7 Å². The lowest BCUT2D eigenvalue weighted by Crippen LogP contribution is -2.26. The smallest absolute Gasteiger partial charge is 0.261 e. The molecule has 2 aromatic rings. The molecule has 0 amide bonds. The van der Waals surface area contributed by atoms with Crippen molar-refractivity contribution in [3.05, 3.63) is 40.4 Å². The summed E-state index contributed by atoms with van der Waals surface area (Å²) < 4.78 is 1.53. The standard InChI is InChI=1S/C13H12N2O2/c16-11-7-3-4-8-15-12(11)14-10-6-2-1-5-9(10)13(15)17/h1-2,5-6H,3-4,7-8H2. The normalized spacial score (nSPS) is 15.6. The van der Waals surface area contributed by atoms with Crippen LogP contribution in [0.25, 0.3) is 10.9 Å². The number of nitrogens with zero attached hydrogens (tertiary/aromatic N) is 2. The van der Waals surface area contributed by atoms with Gasteiger partial charge in [-0.15, -0.1) is 0 Å². The first-order chi connectivity index (χ1) is 8.27. The van der Waals surface area contributed by atoms with Gasteiger partial charge in [0.15, 0.2) is 11.6 Å². The first kappa shape index (κ1) is 10.2. The van der Waals surface area contributed by atoms with Gasteiger partial charge in [-0.3, -0.25) is 14.2 Å². The van der Waals surface area contributed by atoms with Crippen LogP contribution in [0.15, 0.2) is 29.1 Å². The number of Topliss-reactive ketones (excluding diaryl/α,β-unsaturated/α-hetero) is 1. The van der Waals surface area contributed by atoms with Gasteiger partial charge in [-0.05, 0) is 25.0 Å². The van der Waals surface area contributed by atoms with Gasteiger partial charge in [0.1, 0.15) is 0 Å². The second kappa shape index (κ2) is 3.80. The van der Waals surface area contributed by atoms with E-state index in [1.807, 2.05) is 12.1 Å². The zero-order valence-electron chi connectivity index (χ0n) is 9.35. The number of rotatable bonds is 0. The molecule has 0 spiro atoms. The molecule has 0 radical (unpaired) electrons. The Hall–Kier alpha value is -1.97. The Morgan fingerprint density at radius 3 is 2.82 bits per heavy atom. The summed E-state index contributed by atoms with van der Waals surface area (Å²) in [6, 6.07) is 7.17. The third-order valence-electron chi connectivity index (χ3n) is 3.15. The van der Waals surface area contributed by atoms with E-state index in [-0.39, 0.29) is 11.3 Å². The van der Waals surface area contributed by atoms with E-state index in [4.69, 9.17) is 0 Å². The van der Waals surface area contributed by atoms with Crippen molar-refractivity contribution in [3.8, 4) is 0 Å². The minimum atomic E-state index is -0.0964. The summed E-state index contributed by atoms with van der Waals surface area (Å²) in [6.45, 7) is 0.595. The number of aromatic nitrogens is 2. The number of hydrogen-bond acceptors (Lipinski definition) is 3. The predicted octanol–water partition coefficient (Wildman–Crippen LogP) is 1.76. The van der Waals surface area contributed by atoms with Gasteiger partial charge in [-0.25, -0.2) is 4.98 Å². The fraction of sp³-hybridized carbons (Fsp3) is 0.308. The summed E-state index contributed by atoms with van der Waals surface area (Å²) in [5, 5.41) is 0.589. The van der Waals surface area contributed by atoms with Crippen molar-refractivity contribution in [2.75, 3.05) is 0 Å². The summed E-state index contributed by atoms with van der Waals surface area (Å²) in [5.41, 5.74) is 0.514. The van der Waals surface area contributed by atoms with E-state index in [1.165, 1.54) is 4.57 Å². The molecule has 4 heteroatoms. The summed E-state index contributed by atoms with van der Waals surface area (Å²) in [7, 11) is 0. The number of para-hydroxylation sites is 1. The highest BCUT2D eigenvalue weighted by Gasteiger charge is 2.19. The van der Waals surface area contributed by atoms with Crippen LogP contribution < -0.4 is 5.56 Å². The van der Waals surface area contributed by atoms with Gasteiger partial charge in [0, 0.05) is 13.0 Å². The lowest BCUT2D eigenvalue weighted by atomic mass is 10.2. The van der Waals surface area contributed by atoms with Crippen molar-refractivity contribution >= 4 is 16.7 Å². The topological polar surface area (TPSA) is 52.0 Å². The van der Waals surface area contributed by atoms with Crippen molar-refractivity contribution in [2.24, 2.45) is 0 Å². The molecule has 1 aromatic carbocycles. The average molecular weight is 228 g/mol. The largest absolute Gasteiger partial charge is 0.291 e. The zero-order valence-corrected chi connectivity index (χ0v) is 9.35. The number of ketones is 1. The fourth-order valence-corrected chi connectivity index (χ4v) is 2.26. The van der Waals surface area contributed by atoms with Gasteiger partial charge in [0.05, 0.1) is 10.9 Å². The first-order valence-corrected chi connectivity index (χ1v) is 5.80. The Bertz CT molecular complexity index is 658. The Morgan fingerprint density at radius 2 is 1.94 bits per heavy atom. The van der Waals surface area contributed by atoms with Crippen molar-refractivity contribution < 1.29 is 4.79 Å². The van der Waals surface area contributed by atoms with E-state index in [0.717, 1.165) is 12.8 Å². The van der Waals surface area contributed by atoms with E-state index in [9.17, 15) is 9.59 Å². The Kier molecular flexibility index (Phi) is 2.28. The quantitative estimate of drug-likeness (QED) is 0.690. The number of fused-ring (bicyclic) bond motifs is 2. The minimum Gasteiger partial charge on any atom is -0.291 e. The van der Waals surface area contributed by atoms with Crippen LogP contribution in [0.2, 0.25) is 0 Å². The molecule has 1 aromatic heterocycles. The van der Waals surface area contributed by atoms with Gasteiger partial charge in [0.2, 0.25) is 0 Å². The maximum absolute atomic E-state index is 12.2. The number of carbonyl (C=O) groups is 1. The third-order valence-corrected chi connectivity index (χ3v) is 3.15. The fourth-order valence-electron chi connectivity index (χ4n) is 2.26. The van der Waals surface area contributed by atoms with Crippen molar-refractivity contribution in [1.29, 1.82) is 0 Å². The molecule has 1 aliphatic heterocycles. The Labute approximate surface area is 97.9 Å².